The van der Waals surface area contributed by atoms with Crippen LogP contribution in [0.15, 0.2) is 28.7 Å². The van der Waals surface area contributed by atoms with Crippen LogP contribution in [0, 0.1) is 0 Å². The molecule has 19 heavy (non-hydrogen) atoms. The molecule has 1 saturated heterocycles. The highest BCUT2D eigenvalue weighted by Gasteiger charge is 2.31. The molecule has 0 saturated carbocycles. The Morgan fingerprint density at radius 2 is 2.21 bits per heavy atom. The Morgan fingerprint density at radius 1 is 1.37 bits per heavy atom. The van der Waals surface area contributed by atoms with Gasteiger partial charge in [0, 0.05) is 37.1 Å². The number of rotatable bonds is 4. The van der Waals surface area contributed by atoms with Crippen LogP contribution in [0.2, 0.25) is 5.22 Å². The lowest BCUT2D eigenvalue weighted by Crippen LogP contribution is -2.40. The average molecular weight is 282 g/mol. The molecule has 1 aliphatic heterocycles. The van der Waals surface area contributed by atoms with Gasteiger partial charge < -0.3 is 19.6 Å². The first-order chi connectivity index (χ1) is 9.18. The zero-order valence-corrected chi connectivity index (χ0v) is 11.2. The molecule has 2 N–H and O–H groups in total. The van der Waals surface area contributed by atoms with Gasteiger partial charge in [-0.25, -0.2) is 0 Å². The lowest BCUT2D eigenvalue weighted by atomic mass is 10.0. The van der Waals surface area contributed by atoms with Gasteiger partial charge in [0.1, 0.15) is 11.2 Å². The highest BCUT2D eigenvalue weighted by atomic mass is 35.5. The molecule has 0 bridgehead atoms. The normalized spacial score (nSPS) is 23.3. The Bertz CT molecular complexity index is 575. The van der Waals surface area contributed by atoms with Crippen molar-refractivity contribution in [2.45, 2.75) is 18.6 Å². The van der Waals surface area contributed by atoms with E-state index in [0.717, 1.165) is 16.5 Å². The number of aliphatic hydroxyl groups is 1. The summed E-state index contributed by atoms with van der Waals surface area (Å²) in [6, 6.07) is 7.74. The van der Waals surface area contributed by atoms with E-state index >= 15 is 0 Å². The van der Waals surface area contributed by atoms with Gasteiger partial charge in [0.15, 0.2) is 5.22 Å². The molecule has 0 aliphatic carbocycles. The number of nitrogens with one attached hydrogen (secondary N) is 1. The second kappa shape index (κ2) is 5.13. The van der Waals surface area contributed by atoms with Gasteiger partial charge in [0.2, 0.25) is 0 Å². The van der Waals surface area contributed by atoms with E-state index in [1.54, 1.807) is 0 Å². The molecule has 1 aliphatic rings. The van der Waals surface area contributed by atoms with Crippen molar-refractivity contribution in [2.24, 2.45) is 0 Å². The van der Waals surface area contributed by atoms with Crippen LogP contribution in [0.5, 0.6) is 0 Å². The number of benzene rings is 1. The van der Waals surface area contributed by atoms with Crippen molar-refractivity contribution in [3.05, 3.63) is 35.0 Å². The number of hydrogen-bond donors (Lipinski definition) is 2. The molecule has 1 aromatic carbocycles. The lowest BCUT2D eigenvalue weighted by molar-refractivity contribution is 0.0268. The Balaban J connectivity index is 1.70. The maximum atomic E-state index is 10.2. The zero-order chi connectivity index (χ0) is 13.3. The average Bonchev–Trinajstić information content (AvgIpc) is 2.95. The molecule has 0 spiro atoms. The van der Waals surface area contributed by atoms with E-state index in [4.69, 9.17) is 20.8 Å². The van der Waals surface area contributed by atoms with Gasteiger partial charge in [-0.15, -0.1) is 0 Å². The van der Waals surface area contributed by atoms with E-state index in [1.165, 1.54) is 0 Å². The number of hydrogen-bond acceptors (Lipinski definition) is 4. The quantitative estimate of drug-likeness (QED) is 0.903. The molecule has 102 valence electrons. The molecule has 2 heterocycles. The first-order valence-electron chi connectivity index (χ1n) is 6.35. The predicted octanol–water partition coefficient (Wildman–Crippen LogP) is 2.33. The smallest absolute Gasteiger partial charge is 0.199 e. The topological polar surface area (TPSA) is 54.6 Å². The summed E-state index contributed by atoms with van der Waals surface area (Å²) < 4.78 is 10.7. The molecule has 1 aromatic heterocycles. The second-order valence-electron chi connectivity index (χ2n) is 4.98. The summed E-state index contributed by atoms with van der Waals surface area (Å²) >= 11 is 6.10. The van der Waals surface area contributed by atoms with Gasteiger partial charge in [-0.05, 0) is 17.7 Å². The maximum Gasteiger partial charge on any atom is 0.199 e. The number of para-hydroxylation sites is 1. The van der Waals surface area contributed by atoms with Crippen molar-refractivity contribution in [2.75, 3.05) is 19.8 Å². The molecular formula is C14H16ClNO3. The summed E-state index contributed by atoms with van der Waals surface area (Å²) in [7, 11) is 0. The van der Waals surface area contributed by atoms with Crippen LogP contribution >= 0.6 is 11.6 Å². The van der Waals surface area contributed by atoms with E-state index in [0.29, 0.717) is 37.9 Å². The van der Waals surface area contributed by atoms with Crippen LogP contribution in [-0.4, -0.2) is 30.5 Å². The number of furan rings is 1. The predicted molar refractivity (Wildman–Crippen MR) is 73.3 cm³/mol. The van der Waals surface area contributed by atoms with Gasteiger partial charge in [-0.3, -0.25) is 0 Å². The minimum absolute atomic E-state index is 0.389. The van der Waals surface area contributed by atoms with Crippen molar-refractivity contribution in [1.82, 2.24) is 5.32 Å². The molecule has 4 nitrogen and oxygen atoms in total. The van der Waals surface area contributed by atoms with Crippen LogP contribution in [0.4, 0.5) is 0 Å². The minimum atomic E-state index is -0.758. The van der Waals surface area contributed by atoms with Crippen molar-refractivity contribution in [3.8, 4) is 0 Å². The van der Waals surface area contributed by atoms with E-state index in [-0.39, 0.29) is 0 Å². The first-order valence-corrected chi connectivity index (χ1v) is 6.72. The third-order valence-corrected chi connectivity index (χ3v) is 3.79. The van der Waals surface area contributed by atoms with Crippen molar-refractivity contribution in [3.63, 3.8) is 0 Å². The standard InChI is InChI=1S/C14H16ClNO3/c15-13-11(10-3-1-2-4-12(10)19-13)7-16-8-14(17)5-6-18-9-14/h1-4,16-17H,5-9H2. The van der Waals surface area contributed by atoms with Crippen LogP contribution < -0.4 is 5.32 Å². The first kappa shape index (κ1) is 12.9. The van der Waals surface area contributed by atoms with E-state index in [9.17, 15) is 5.11 Å². The van der Waals surface area contributed by atoms with Crippen LogP contribution in [0.3, 0.4) is 0 Å². The summed E-state index contributed by atoms with van der Waals surface area (Å²) in [6.07, 6.45) is 0.667. The summed E-state index contributed by atoms with van der Waals surface area (Å²) in [5.41, 5.74) is 0.957. The molecule has 1 fully saturated rings. The summed E-state index contributed by atoms with van der Waals surface area (Å²) in [6.45, 7) is 2.06. The van der Waals surface area contributed by atoms with Gasteiger partial charge >= 0.3 is 0 Å². The minimum Gasteiger partial charge on any atom is -0.444 e. The van der Waals surface area contributed by atoms with Gasteiger partial charge in [0.05, 0.1) is 6.61 Å². The zero-order valence-electron chi connectivity index (χ0n) is 10.5. The van der Waals surface area contributed by atoms with Crippen molar-refractivity contribution < 1.29 is 14.3 Å². The monoisotopic (exact) mass is 281 g/mol. The lowest BCUT2D eigenvalue weighted by Gasteiger charge is -2.20. The number of halogens is 1. The Labute approximate surface area is 116 Å². The highest BCUT2D eigenvalue weighted by Crippen LogP contribution is 2.29. The molecule has 1 unspecified atom stereocenters. The molecular weight excluding hydrogens is 266 g/mol. The van der Waals surface area contributed by atoms with Crippen molar-refractivity contribution in [1.29, 1.82) is 0 Å². The van der Waals surface area contributed by atoms with Crippen LogP contribution in [0.1, 0.15) is 12.0 Å². The molecule has 3 rings (SSSR count). The molecule has 2 aromatic rings. The fraction of sp³-hybridized carbons (Fsp3) is 0.429. The molecule has 1 atom stereocenters. The fourth-order valence-electron chi connectivity index (χ4n) is 2.39. The third kappa shape index (κ3) is 2.62. The van der Waals surface area contributed by atoms with E-state index in [2.05, 4.69) is 5.32 Å². The Kier molecular flexibility index (Phi) is 3.50. The van der Waals surface area contributed by atoms with Crippen molar-refractivity contribution >= 4 is 22.6 Å². The fourth-order valence-corrected chi connectivity index (χ4v) is 2.64. The second-order valence-corrected chi connectivity index (χ2v) is 5.32. The van der Waals surface area contributed by atoms with E-state index < -0.39 is 5.60 Å². The summed E-state index contributed by atoms with van der Waals surface area (Å²) in [5, 5.41) is 14.8. The Hall–Kier alpha value is -1.07. The van der Waals surface area contributed by atoms with Gasteiger partial charge in [0.25, 0.3) is 0 Å². The van der Waals surface area contributed by atoms with E-state index in [1.807, 2.05) is 24.3 Å². The largest absolute Gasteiger partial charge is 0.444 e. The Morgan fingerprint density at radius 3 is 3.00 bits per heavy atom. The van der Waals surface area contributed by atoms with Crippen LogP contribution in [0.25, 0.3) is 11.0 Å². The molecule has 0 radical (unpaired) electrons. The highest BCUT2D eigenvalue weighted by molar-refractivity contribution is 6.30. The SMILES string of the molecule is OC1(CNCc2c(Cl)oc3ccccc23)CCOC1. The third-order valence-electron chi connectivity index (χ3n) is 3.49. The number of ether oxygens (including phenoxy) is 1. The number of fused-ring (bicyclic) bond motifs is 1. The van der Waals surface area contributed by atoms with Gasteiger partial charge in [-0.1, -0.05) is 18.2 Å². The molecule has 5 heteroatoms. The summed E-state index contributed by atoms with van der Waals surface area (Å²) in [4.78, 5) is 0. The van der Waals surface area contributed by atoms with Gasteiger partial charge in [-0.2, -0.15) is 0 Å². The molecule has 0 amide bonds. The van der Waals surface area contributed by atoms with Crippen LogP contribution in [-0.2, 0) is 11.3 Å². The maximum absolute atomic E-state index is 10.2. The summed E-state index contributed by atoms with van der Waals surface area (Å²) in [5.74, 6) is 0.